The van der Waals surface area contributed by atoms with Gasteiger partial charge in [-0.2, -0.15) is 11.8 Å². The topological polar surface area (TPSA) is 61.4 Å². The molecule has 1 aromatic carbocycles. The van der Waals surface area contributed by atoms with Crippen LogP contribution in [0.1, 0.15) is 41.6 Å². The summed E-state index contributed by atoms with van der Waals surface area (Å²) in [5, 5.41) is 6.45. The molecule has 3 unspecified atom stereocenters. The van der Waals surface area contributed by atoms with E-state index < -0.39 is 6.04 Å². The quantitative estimate of drug-likeness (QED) is 0.755. The van der Waals surface area contributed by atoms with Gasteiger partial charge in [0, 0.05) is 24.2 Å². The van der Waals surface area contributed by atoms with E-state index >= 15 is 0 Å². The molecule has 2 N–H and O–H groups in total. The lowest BCUT2D eigenvalue weighted by atomic mass is 10.1. The highest BCUT2D eigenvalue weighted by molar-refractivity contribution is 7.98. The number of carbonyl (C=O) groups excluding carboxylic acids is 2. The van der Waals surface area contributed by atoms with Crippen molar-refractivity contribution in [3.8, 4) is 0 Å². The molecule has 1 aromatic rings. The number of rotatable bonds is 6. The van der Waals surface area contributed by atoms with E-state index in [4.69, 9.17) is 0 Å². The van der Waals surface area contributed by atoms with E-state index in [0.29, 0.717) is 18.0 Å². The molecular weight excluding hydrogens is 382 g/mol. The van der Waals surface area contributed by atoms with Gasteiger partial charge in [-0.25, -0.2) is 0 Å². The lowest BCUT2D eigenvalue weighted by Gasteiger charge is -2.32. The second-order valence-electron chi connectivity index (χ2n) is 7.30. The van der Waals surface area contributed by atoms with Gasteiger partial charge < -0.3 is 15.5 Å². The van der Waals surface area contributed by atoms with Gasteiger partial charge in [-0.15, -0.1) is 12.4 Å². The Morgan fingerprint density at radius 3 is 2.81 bits per heavy atom. The first-order valence-corrected chi connectivity index (χ1v) is 10.9. The van der Waals surface area contributed by atoms with Gasteiger partial charge >= 0.3 is 0 Å². The summed E-state index contributed by atoms with van der Waals surface area (Å²) in [5.41, 5.74) is 1.66. The molecule has 3 atom stereocenters. The second-order valence-corrected chi connectivity index (χ2v) is 8.29. The van der Waals surface area contributed by atoms with E-state index in [0.717, 1.165) is 43.7 Å². The zero-order chi connectivity index (χ0) is 18.5. The predicted octanol–water partition coefficient (Wildman–Crippen LogP) is 2.62. The maximum atomic E-state index is 13.3. The van der Waals surface area contributed by atoms with Crippen LogP contribution in [0, 0.1) is 6.92 Å². The summed E-state index contributed by atoms with van der Waals surface area (Å²) < 4.78 is 0. The van der Waals surface area contributed by atoms with Crippen LogP contribution in [0.4, 0.5) is 0 Å². The minimum atomic E-state index is -0.448. The van der Waals surface area contributed by atoms with Crippen molar-refractivity contribution in [3.05, 3.63) is 35.4 Å². The van der Waals surface area contributed by atoms with E-state index in [9.17, 15) is 9.59 Å². The Balaban J connectivity index is 0.00000261. The summed E-state index contributed by atoms with van der Waals surface area (Å²) in [5.74, 6) is 0.788. The first-order chi connectivity index (χ1) is 12.6. The Morgan fingerprint density at radius 1 is 1.30 bits per heavy atom. The molecule has 2 aliphatic rings. The molecule has 2 saturated heterocycles. The SMILES string of the molecule is CSCCC(NC(=O)c1cccc(C)c1)C(=O)N1C2CCNCC1CC2.Cl. The average molecular weight is 412 g/mol. The Kier molecular flexibility index (Phi) is 8.45. The average Bonchev–Trinajstić information content (AvgIpc) is 2.90. The molecule has 0 saturated carbocycles. The van der Waals surface area contributed by atoms with Gasteiger partial charge in [0.2, 0.25) is 5.91 Å². The fraction of sp³-hybridized carbons (Fsp3) is 0.600. The normalized spacial score (nSPS) is 22.5. The van der Waals surface area contributed by atoms with Crippen LogP contribution in [0.15, 0.2) is 24.3 Å². The number of amides is 2. The molecule has 150 valence electrons. The Labute approximate surface area is 172 Å². The van der Waals surface area contributed by atoms with Crippen LogP contribution in [0.2, 0.25) is 0 Å². The van der Waals surface area contributed by atoms with Crippen molar-refractivity contribution in [2.45, 2.75) is 50.7 Å². The number of halogens is 1. The molecule has 2 amide bonds. The molecule has 27 heavy (non-hydrogen) atoms. The van der Waals surface area contributed by atoms with Crippen LogP contribution in [0.25, 0.3) is 0 Å². The number of benzene rings is 1. The Hall–Kier alpha value is -1.24. The molecule has 0 aliphatic carbocycles. The summed E-state index contributed by atoms with van der Waals surface area (Å²) in [4.78, 5) is 28.1. The molecule has 2 aliphatic heterocycles. The smallest absolute Gasteiger partial charge is 0.251 e. The third-order valence-corrected chi connectivity index (χ3v) is 6.05. The zero-order valence-corrected chi connectivity index (χ0v) is 17.7. The molecule has 0 radical (unpaired) electrons. The lowest BCUT2D eigenvalue weighted by Crippen LogP contribution is -2.53. The van der Waals surface area contributed by atoms with Gasteiger partial charge in [-0.1, -0.05) is 17.7 Å². The number of hydrogen-bond donors (Lipinski definition) is 2. The highest BCUT2D eigenvalue weighted by atomic mass is 35.5. The van der Waals surface area contributed by atoms with Crippen LogP contribution in [0.3, 0.4) is 0 Å². The van der Waals surface area contributed by atoms with Crippen molar-refractivity contribution in [3.63, 3.8) is 0 Å². The van der Waals surface area contributed by atoms with Crippen molar-refractivity contribution in [1.29, 1.82) is 0 Å². The highest BCUT2D eigenvalue weighted by Gasteiger charge is 2.40. The fourth-order valence-corrected chi connectivity index (χ4v) is 4.51. The summed E-state index contributed by atoms with van der Waals surface area (Å²) >= 11 is 1.71. The molecular formula is C20H30ClN3O2S. The molecule has 0 aromatic heterocycles. The summed E-state index contributed by atoms with van der Waals surface area (Å²) in [7, 11) is 0. The molecule has 5 nitrogen and oxygen atoms in total. The number of nitrogens with zero attached hydrogens (tertiary/aromatic N) is 1. The zero-order valence-electron chi connectivity index (χ0n) is 16.1. The van der Waals surface area contributed by atoms with E-state index in [2.05, 4.69) is 15.5 Å². The minimum absolute atomic E-state index is 0. The molecule has 7 heteroatoms. The molecule has 3 rings (SSSR count). The second kappa shape index (κ2) is 10.3. The van der Waals surface area contributed by atoms with Gasteiger partial charge in [0.05, 0.1) is 0 Å². The Bertz CT molecular complexity index is 644. The monoisotopic (exact) mass is 411 g/mol. The van der Waals surface area contributed by atoms with Crippen LogP contribution in [-0.4, -0.2) is 59.9 Å². The maximum absolute atomic E-state index is 13.3. The van der Waals surface area contributed by atoms with Crippen molar-refractivity contribution < 1.29 is 9.59 Å². The first-order valence-electron chi connectivity index (χ1n) is 9.49. The number of fused-ring (bicyclic) bond motifs is 2. The number of aryl methyl sites for hydroxylation is 1. The largest absolute Gasteiger partial charge is 0.340 e. The standard InChI is InChI=1S/C20H29N3O2S.ClH/c1-14-4-3-5-15(12-14)19(24)22-18(9-11-26-2)20(25)23-16-6-7-17(23)13-21-10-8-16;/h3-5,12,16-18,21H,6-11,13H2,1-2H3,(H,22,24);1H. The van der Waals surface area contributed by atoms with E-state index in [1.54, 1.807) is 17.8 Å². The third kappa shape index (κ3) is 5.39. The van der Waals surface area contributed by atoms with Crippen molar-refractivity contribution in [1.82, 2.24) is 15.5 Å². The number of thioether (sulfide) groups is 1. The highest BCUT2D eigenvalue weighted by Crippen LogP contribution is 2.29. The van der Waals surface area contributed by atoms with Crippen molar-refractivity contribution in [2.75, 3.05) is 25.1 Å². The molecule has 2 fully saturated rings. The maximum Gasteiger partial charge on any atom is 0.251 e. The van der Waals surface area contributed by atoms with Gasteiger partial charge in [-0.05, 0) is 63.3 Å². The summed E-state index contributed by atoms with van der Waals surface area (Å²) in [6.45, 7) is 3.80. The molecule has 0 spiro atoms. The lowest BCUT2D eigenvalue weighted by molar-refractivity contribution is -0.135. The molecule has 2 heterocycles. The van der Waals surface area contributed by atoms with Crippen molar-refractivity contribution >= 4 is 36.0 Å². The first kappa shape index (κ1) is 22.1. The molecule has 2 bridgehead atoms. The van der Waals surface area contributed by atoms with Gasteiger partial charge in [0.15, 0.2) is 0 Å². The van der Waals surface area contributed by atoms with E-state index in [-0.39, 0.29) is 30.3 Å². The van der Waals surface area contributed by atoms with Gasteiger partial charge in [0.25, 0.3) is 5.91 Å². The van der Waals surface area contributed by atoms with Gasteiger partial charge in [0.1, 0.15) is 6.04 Å². The summed E-state index contributed by atoms with van der Waals surface area (Å²) in [6, 6.07) is 7.65. The van der Waals surface area contributed by atoms with Crippen LogP contribution >= 0.6 is 24.2 Å². The van der Waals surface area contributed by atoms with Crippen molar-refractivity contribution in [2.24, 2.45) is 0 Å². The summed E-state index contributed by atoms with van der Waals surface area (Å²) in [6.07, 6.45) is 5.84. The van der Waals surface area contributed by atoms with Crippen LogP contribution < -0.4 is 10.6 Å². The number of nitrogens with one attached hydrogen (secondary N) is 2. The van der Waals surface area contributed by atoms with E-state index in [1.165, 1.54) is 0 Å². The fourth-order valence-electron chi connectivity index (χ4n) is 4.04. The number of hydrogen-bond acceptors (Lipinski definition) is 4. The van der Waals surface area contributed by atoms with Gasteiger partial charge in [-0.3, -0.25) is 9.59 Å². The van der Waals surface area contributed by atoms with Crippen LogP contribution in [0.5, 0.6) is 0 Å². The number of carbonyl (C=O) groups is 2. The van der Waals surface area contributed by atoms with Crippen LogP contribution in [-0.2, 0) is 4.79 Å². The Morgan fingerprint density at radius 2 is 2.07 bits per heavy atom. The van der Waals surface area contributed by atoms with E-state index in [1.807, 2.05) is 31.4 Å². The minimum Gasteiger partial charge on any atom is -0.340 e. The predicted molar refractivity (Wildman–Crippen MR) is 114 cm³/mol. The third-order valence-electron chi connectivity index (χ3n) is 5.40.